The van der Waals surface area contributed by atoms with Gasteiger partial charge in [0.1, 0.15) is 24.1 Å². The third-order valence-electron chi connectivity index (χ3n) is 22.4. The number of halogens is 1. The van der Waals surface area contributed by atoms with E-state index in [0.717, 1.165) is 59.6 Å². The zero-order chi connectivity index (χ0) is 80.7. The van der Waals surface area contributed by atoms with E-state index in [9.17, 15) is 38.4 Å². The number of anilines is 4. The predicted octanol–water partition coefficient (Wildman–Crippen LogP) is 10.9. The second-order valence-corrected chi connectivity index (χ2v) is 33.0. The molecule has 8 aromatic rings. The number of morpholine rings is 1. The second-order valence-electron chi connectivity index (χ2n) is 30.6. The molecule has 0 saturated carbocycles. The molecule has 3 fully saturated rings. The zero-order valence-corrected chi connectivity index (χ0v) is 67.6. The molecule has 3 saturated heterocycles. The van der Waals surface area contributed by atoms with Gasteiger partial charge in [-0.05, 0) is 145 Å². The molecule has 6 aromatic carbocycles. The number of allylic oxidation sites excluding steroid dienone is 6. The van der Waals surface area contributed by atoms with E-state index in [4.69, 9.17) is 41.5 Å². The number of aromatic nitrogens is 3. The van der Waals surface area contributed by atoms with Gasteiger partial charge >= 0.3 is 18.2 Å². The zero-order valence-electron chi connectivity index (χ0n) is 65.2. The van der Waals surface area contributed by atoms with Crippen LogP contribution < -0.4 is 52.2 Å². The number of likely N-dealkylation sites (N-methyl/N-ethyl adjacent to an activating group) is 2. The van der Waals surface area contributed by atoms with Crippen molar-refractivity contribution >= 4 is 138 Å². The third kappa shape index (κ3) is 18.5. The van der Waals surface area contributed by atoms with Crippen molar-refractivity contribution in [3.8, 4) is 5.75 Å². The molecule has 604 valence electrons. The highest BCUT2D eigenvalue weighted by atomic mass is 35.5. The van der Waals surface area contributed by atoms with E-state index in [-0.39, 0.29) is 93.0 Å². The number of nitrogens with two attached hydrogens (primary N) is 1. The highest BCUT2D eigenvalue weighted by Crippen LogP contribution is 2.53. The number of ether oxygens (including phenoxy) is 3. The Labute approximate surface area is 685 Å². The number of likely N-dealkylation sites (tertiary alicyclic amines) is 1. The van der Waals surface area contributed by atoms with Crippen molar-refractivity contribution in [3.05, 3.63) is 207 Å². The van der Waals surface area contributed by atoms with Gasteiger partial charge in [-0.3, -0.25) is 28.9 Å². The largest absolute Gasteiger partial charge is 0.445 e. The molecule has 5 aliphatic heterocycles. The van der Waals surface area contributed by atoms with E-state index in [1.807, 2.05) is 92.3 Å². The minimum atomic E-state index is -1.03. The summed E-state index contributed by atoms with van der Waals surface area (Å²) in [5, 5.41) is 20.1. The molecule has 15 rings (SSSR count). The second kappa shape index (κ2) is 36.2. The summed E-state index contributed by atoms with van der Waals surface area (Å²) in [5.74, 6) is -0.437. The number of rotatable bonds is 25. The fourth-order valence-corrected chi connectivity index (χ4v) is 18.7. The van der Waals surface area contributed by atoms with Crippen molar-refractivity contribution in [1.29, 1.82) is 0 Å². The monoisotopic (exact) mass is 1630 g/mol. The van der Waals surface area contributed by atoms with Crippen LogP contribution in [0.2, 0.25) is 0 Å². The van der Waals surface area contributed by atoms with Gasteiger partial charge in [0.25, 0.3) is 17.7 Å². The summed E-state index contributed by atoms with van der Waals surface area (Å²) in [6.45, 7) is 11.1. The number of alkyl halides is 1. The highest BCUT2D eigenvalue weighted by molar-refractivity contribution is 8.03. The number of carbonyl (C=O) groups is 8. The maximum absolute atomic E-state index is 15.0. The number of hydrogen-bond acceptors (Lipinski definition) is 19. The van der Waals surface area contributed by atoms with Crippen LogP contribution in [-0.4, -0.2) is 223 Å². The van der Waals surface area contributed by atoms with Crippen molar-refractivity contribution in [3.63, 3.8) is 0 Å². The Kier molecular flexibility index (Phi) is 25.1. The Morgan fingerprint density at radius 2 is 1.52 bits per heavy atom. The molecule has 7 aliphatic rings. The van der Waals surface area contributed by atoms with Gasteiger partial charge in [0.05, 0.1) is 58.7 Å². The average Bonchev–Trinajstić information content (AvgIpc) is 1.57. The molecule has 2 aromatic heterocycles. The van der Waals surface area contributed by atoms with Crippen LogP contribution >= 0.6 is 35.1 Å². The van der Waals surface area contributed by atoms with E-state index in [0.29, 0.717) is 124 Å². The molecule has 6 atom stereocenters. The van der Waals surface area contributed by atoms with Crippen LogP contribution in [0.1, 0.15) is 92.7 Å². The van der Waals surface area contributed by atoms with Gasteiger partial charge in [0.15, 0.2) is 0 Å². The Hall–Kier alpha value is -10.8. The summed E-state index contributed by atoms with van der Waals surface area (Å²) < 4.78 is 18.1. The average molecular weight is 1630 g/mol. The minimum Gasteiger partial charge on any atom is -0.445 e. The summed E-state index contributed by atoms with van der Waals surface area (Å²) in [5.41, 5.74) is 17.3. The quantitative estimate of drug-likeness (QED) is 0.0195. The molecule has 9 amide bonds. The molecule has 116 heavy (non-hydrogen) atoms. The van der Waals surface area contributed by atoms with Gasteiger partial charge in [-0.15, -0.1) is 35.1 Å². The first-order valence-electron chi connectivity index (χ1n) is 39.5. The van der Waals surface area contributed by atoms with E-state index in [1.54, 1.807) is 83.2 Å². The summed E-state index contributed by atoms with van der Waals surface area (Å²) in [7, 11) is 3.74. The van der Waals surface area contributed by atoms with Gasteiger partial charge in [-0.25, -0.2) is 24.4 Å². The van der Waals surface area contributed by atoms with Crippen LogP contribution in [0.4, 0.5) is 37.1 Å². The SMILES string of the molecule is CC(C)[C@@H](NCCNC(=O)c1ccc2nc3c(nc2c1)CSC1C2=C1C(=C/C=C\C=C/2)\SC3)C(=O)N[C@H](CCCNC(N)=O)C(=O)Nc1ccc(COC(=O)N(C)C[C@@H]2C[C@@H](N3CCOCC3)CN2C(=O)Oc2cc3c(c4ccccc24)[C@H](CCl)CN3C(=O)c2cc3cc(NC(=O)c4ccc(N5CCN(C)CC5)cc4)ccc3[nH]2)cc1. The van der Waals surface area contributed by atoms with Crippen LogP contribution in [0.5, 0.6) is 5.75 Å². The van der Waals surface area contributed by atoms with Crippen LogP contribution in [0.3, 0.4) is 0 Å². The number of amides is 9. The first-order chi connectivity index (χ1) is 56.3. The number of primary amides is 1. The lowest BCUT2D eigenvalue weighted by atomic mass is 9.95. The molecule has 30 heteroatoms. The van der Waals surface area contributed by atoms with Gasteiger partial charge < -0.3 is 81.3 Å². The Balaban J connectivity index is 0.553. The number of nitrogens with zero attached hydrogens (tertiary/aromatic N) is 8. The van der Waals surface area contributed by atoms with Crippen LogP contribution in [0, 0.1) is 5.92 Å². The van der Waals surface area contributed by atoms with Gasteiger partial charge in [-0.1, -0.05) is 74.5 Å². The molecule has 9 N–H and O–H groups in total. The molecular weight excluding hydrogens is 1530 g/mol. The number of benzene rings is 6. The Morgan fingerprint density at radius 3 is 2.29 bits per heavy atom. The number of H-pyrrole nitrogens is 1. The number of carbonyl (C=O) groups excluding carboxylic acids is 8. The maximum Gasteiger partial charge on any atom is 0.415 e. The van der Waals surface area contributed by atoms with E-state index in [2.05, 4.69) is 89.0 Å². The van der Waals surface area contributed by atoms with Crippen molar-refractivity contribution < 1.29 is 52.6 Å². The fourth-order valence-electron chi connectivity index (χ4n) is 16.0. The van der Waals surface area contributed by atoms with Gasteiger partial charge in [0, 0.05) is 170 Å². The smallest absolute Gasteiger partial charge is 0.415 e. The molecule has 0 radical (unpaired) electrons. The summed E-state index contributed by atoms with van der Waals surface area (Å²) in [6, 6.07) is 33.2. The Bertz CT molecular complexity index is 5220. The number of piperazine rings is 1. The van der Waals surface area contributed by atoms with Crippen molar-refractivity contribution in [1.82, 2.24) is 55.8 Å². The van der Waals surface area contributed by atoms with Crippen LogP contribution in [-0.2, 0) is 37.2 Å². The molecule has 7 heterocycles. The number of aromatic amines is 1. The van der Waals surface area contributed by atoms with Crippen LogP contribution in [0.15, 0.2) is 168 Å². The van der Waals surface area contributed by atoms with Crippen molar-refractivity contribution in [2.75, 3.05) is 132 Å². The molecule has 0 spiro atoms. The molecule has 27 nitrogen and oxygen atoms in total. The number of nitrogens with one attached hydrogen (secondary N) is 7. The molecule has 1 unspecified atom stereocenters. The van der Waals surface area contributed by atoms with Crippen LogP contribution in [0.25, 0.3) is 32.7 Å². The summed E-state index contributed by atoms with van der Waals surface area (Å²) in [4.78, 5) is 137. The third-order valence-corrected chi connectivity index (χ3v) is 25.1. The minimum absolute atomic E-state index is 0.0705. The van der Waals surface area contributed by atoms with Gasteiger partial charge in [0.2, 0.25) is 11.8 Å². The molecule has 0 bridgehead atoms. The lowest BCUT2D eigenvalue weighted by Crippen LogP contribution is -2.54. The molecular formula is C86H95ClN16O11S2. The number of thioether (sulfide) groups is 2. The number of fused-ring (bicyclic) bond motifs is 7. The maximum atomic E-state index is 15.0. The topological polar surface area (TPSA) is 323 Å². The van der Waals surface area contributed by atoms with E-state index >= 15 is 0 Å². The Morgan fingerprint density at radius 1 is 0.759 bits per heavy atom. The highest BCUT2D eigenvalue weighted by Gasteiger charge is 2.43. The standard InChI is InChI=1S/C86H95ClN16O11S2/c1-51(2)77(89-29-30-90-79(104)54-20-26-66-68(40-54)96-71-50-116-78-64-13-6-5-7-15-74(76(64)78)115-49-70(71)95-66)82(107)97-67(14-10-28-91-84(88)109)81(106)92-57-21-16-52(17-22-57)48-113-85(110)99(4)46-61-42-60(101-35-37-112-38-36-101)47-102(61)86(111)114-73-43-72-75(63-12-9-8-11-62(63)73)56(44-87)45-103(72)83(108)69-41-55-39-58(23-27-65(55)94-69)93-80(105)53-18-24-59(25-19-53)100-33-31-98(3)32-34-100/h5-9,11-13,15-27,39-41,43,51,56,60-61,67,77-78,89,94H,10,14,28-38,42,44-50H2,1-4H3,(H,90,104)(H,92,106)(H,93,105)(H,97,107)(H3,88,91,109)/b6-5?,7-5-,13-6-,15-7?,64-13?,74-15+,76-74?/t56-,60-,61+,67-,77-,78?/m1/s1. The normalized spacial score (nSPS) is 20.2. The summed E-state index contributed by atoms with van der Waals surface area (Å²) >= 11 is 10.4. The van der Waals surface area contributed by atoms with E-state index < -0.39 is 48.2 Å². The number of hydrogen-bond donors (Lipinski definition) is 8. The lowest BCUT2D eigenvalue weighted by Gasteiger charge is -2.34. The lowest BCUT2D eigenvalue weighted by molar-refractivity contribution is -0.128. The van der Waals surface area contributed by atoms with Crippen molar-refractivity contribution in [2.24, 2.45) is 11.7 Å². The first-order valence-corrected chi connectivity index (χ1v) is 42.0. The van der Waals surface area contributed by atoms with Gasteiger partial charge in [-0.2, -0.15) is 0 Å². The fraction of sp³-hybridized carbons (Fsp3) is 0.372. The predicted molar refractivity (Wildman–Crippen MR) is 454 cm³/mol. The molecule has 2 aliphatic carbocycles. The van der Waals surface area contributed by atoms with E-state index in [1.165, 1.54) is 21.0 Å². The first kappa shape index (κ1) is 80.4. The summed E-state index contributed by atoms with van der Waals surface area (Å²) in [6.07, 6.45) is 10.3. The number of urea groups is 1. The van der Waals surface area contributed by atoms with Crippen molar-refractivity contribution in [2.45, 2.75) is 86.6 Å².